The van der Waals surface area contributed by atoms with Crippen LogP contribution in [0.25, 0.3) is 6.08 Å². The number of carbonyl (C=O) groups is 3. The van der Waals surface area contributed by atoms with E-state index in [1.165, 1.54) is 22.9 Å². The molecule has 1 amide bonds. The maximum Gasteiger partial charge on any atom is 0.336 e. The number of hydrogen-bond acceptors (Lipinski definition) is 11. The van der Waals surface area contributed by atoms with Crippen LogP contribution in [0.2, 0.25) is 0 Å². The quantitative estimate of drug-likeness (QED) is 0.0997. The number of thioether (sulfide) groups is 1. The first kappa shape index (κ1) is 35.4. The molecule has 13 nitrogen and oxygen atoms in total. The number of fused-ring (bicyclic) bond motifs is 1. The molecule has 4 rings (SSSR count). The number of aromatic nitrogens is 3. The number of nitrogens with two attached hydrogens (primary N) is 1. The predicted octanol–water partition coefficient (Wildman–Crippen LogP) is 4.07. The number of nitrogens with zero attached hydrogens (tertiary/aromatic N) is 3. The van der Waals surface area contributed by atoms with Crippen LogP contribution in [-0.2, 0) is 16.0 Å². The molecule has 1 aliphatic rings. The zero-order chi connectivity index (χ0) is 33.8. The fraction of sp³-hybridized carbons (Fsp3) is 0.312. The van der Waals surface area contributed by atoms with Gasteiger partial charge < -0.3 is 21.5 Å². The molecule has 0 radical (unpaired) electrons. The first-order valence-corrected chi connectivity index (χ1v) is 15.4. The number of rotatable bonds is 11. The number of benzene rings is 1. The van der Waals surface area contributed by atoms with Crippen molar-refractivity contribution in [3.8, 4) is 0 Å². The molecule has 0 bridgehead atoms. The van der Waals surface area contributed by atoms with Crippen molar-refractivity contribution in [2.75, 3.05) is 24.6 Å². The highest BCUT2D eigenvalue weighted by molar-refractivity contribution is 8.28. The molecule has 0 saturated heterocycles. The van der Waals surface area contributed by atoms with Gasteiger partial charge in [-0.25, -0.2) is 14.8 Å². The van der Waals surface area contributed by atoms with Crippen molar-refractivity contribution >= 4 is 57.6 Å². The summed E-state index contributed by atoms with van der Waals surface area (Å²) in [6.07, 6.45) is 9.85. The van der Waals surface area contributed by atoms with Crippen LogP contribution in [0.4, 0.5) is 11.5 Å². The number of aryl methyl sites for hydroxylation is 2. The van der Waals surface area contributed by atoms with Crippen molar-refractivity contribution in [1.29, 1.82) is 10.8 Å². The molecule has 2 aromatic heterocycles. The third kappa shape index (κ3) is 9.20. The molecule has 242 valence electrons. The van der Waals surface area contributed by atoms with Crippen LogP contribution in [0.1, 0.15) is 71.5 Å². The second-order valence-electron chi connectivity index (χ2n) is 10.4. The lowest BCUT2D eigenvalue weighted by Crippen LogP contribution is -2.37. The molecule has 1 atom stereocenters. The lowest BCUT2D eigenvalue weighted by atomic mass is 10.0. The number of nitrogen functional groups attached to an aromatic ring is 1. The summed E-state index contributed by atoms with van der Waals surface area (Å²) in [7, 11) is 1.67. The average molecular weight is 647 g/mol. The zero-order valence-corrected chi connectivity index (χ0v) is 26.7. The molecule has 1 unspecified atom stereocenters. The van der Waals surface area contributed by atoms with Gasteiger partial charge in [0.25, 0.3) is 5.56 Å². The number of pyridine rings is 1. The van der Waals surface area contributed by atoms with E-state index in [2.05, 4.69) is 33.6 Å². The SMILES string of the molecule is CCCC/C(=C\c1cnc(N)cc1C)CNC(=O)C1CCc2ncc(NC)c(=O)n21.N=C(C=O)SC(=N)c1ccccc1C(=O)O. The monoisotopic (exact) mass is 646 g/mol. The smallest absolute Gasteiger partial charge is 0.336 e. The van der Waals surface area contributed by atoms with E-state index in [1.807, 2.05) is 13.0 Å². The fourth-order valence-corrected chi connectivity index (χ4v) is 5.33. The summed E-state index contributed by atoms with van der Waals surface area (Å²) in [5.74, 6) is -0.142. The second-order valence-corrected chi connectivity index (χ2v) is 11.5. The van der Waals surface area contributed by atoms with Crippen molar-refractivity contribution in [3.63, 3.8) is 0 Å². The molecule has 0 fully saturated rings. The minimum Gasteiger partial charge on any atom is -0.478 e. The Labute approximate surface area is 270 Å². The Kier molecular flexibility index (Phi) is 12.9. The Hall–Kier alpha value is -5.11. The molecular weight excluding hydrogens is 608 g/mol. The van der Waals surface area contributed by atoms with Gasteiger partial charge in [0.2, 0.25) is 5.91 Å². The molecular formula is C32H38N8O5S. The van der Waals surface area contributed by atoms with Crippen LogP contribution in [0.3, 0.4) is 0 Å². The summed E-state index contributed by atoms with van der Waals surface area (Å²) in [6.45, 7) is 4.57. The normalized spacial score (nSPS) is 13.5. The lowest BCUT2D eigenvalue weighted by molar-refractivity contribution is -0.124. The van der Waals surface area contributed by atoms with Crippen LogP contribution < -0.4 is 21.9 Å². The van der Waals surface area contributed by atoms with E-state index >= 15 is 0 Å². The van der Waals surface area contributed by atoms with E-state index in [0.717, 1.165) is 36.0 Å². The summed E-state index contributed by atoms with van der Waals surface area (Å²) in [6, 6.07) is 7.31. The van der Waals surface area contributed by atoms with Gasteiger partial charge in [0, 0.05) is 31.8 Å². The number of hydrogen-bond donors (Lipinski definition) is 6. The molecule has 7 N–H and O–H groups in total. The maximum atomic E-state index is 12.9. The molecule has 0 saturated carbocycles. The Morgan fingerprint density at radius 1 is 1.20 bits per heavy atom. The molecule has 3 heterocycles. The number of anilines is 2. The van der Waals surface area contributed by atoms with Crippen molar-refractivity contribution in [2.24, 2.45) is 0 Å². The second kappa shape index (κ2) is 16.8. The minimum absolute atomic E-state index is 0.0151. The number of amides is 1. The largest absolute Gasteiger partial charge is 0.478 e. The van der Waals surface area contributed by atoms with Gasteiger partial charge in [0.05, 0.1) is 11.8 Å². The summed E-state index contributed by atoms with van der Waals surface area (Å²) in [5.41, 5.74) is 9.29. The molecule has 1 aliphatic heterocycles. The topological polar surface area (TPSA) is 217 Å². The van der Waals surface area contributed by atoms with E-state index in [0.29, 0.717) is 54.8 Å². The molecule has 1 aromatic carbocycles. The first-order valence-electron chi connectivity index (χ1n) is 14.6. The molecule has 46 heavy (non-hydrogen) atoms. The van der Waals surface area contributed by atoms with Crippen molar-refractivity contribution < 1.29 is 19.5 Å². The highest BCUT2D eigenvalue weighted by Gasteiger charge is 2.31. The summed E-state index contributed by atoms with van der Waals surface area (Å²) < 4.78 is 1.52. The Morgan fingerprint density at radius 3 is 2.54 bits per heavy atom. The van der Waals surface area contributed by atoms with Crippen molar-refractivity contribution in [2.45, 2.75) is 52.0 Å². The molecule has 3 aromatic rings. The molecule has 14 heteroatoms. The van der Waals surface area contributed by atoms with E-state index in [1.54, 1.807) is 25.4 Å². The average Bonchev–Trinajstić information content (AvgIpc) is 3.49. The van der Waals surface area contributed by atoms with Gasteiger partial charge in [0.1, 0.15) is 33.5 Å². The van der Waals surface area contributed by atoms with Crippen LogP contribution in [0.5, 0.6) is 0 Å². The van der Waals surface area contributed by atoms with E-state index < -0.39 is 12.0 Å². The van der Waals surface area contributed by atoms with Gasteiger partial charge in [-0.15, -0.1) is 0 Å². The van der Waals surface area contributed by atoms with Crippen molar-refractivity contribution in [1.82, 2.24) is 19.9 Å². The summed E-state index contributed by atoms with van der Waals surface area (Å²) in [4.78, 5) is 55.2. The summed E-state index contributed by atoms with van der Waals surface area (Å²) in [5, 5.41) is 29.0. The number of aldehydes is 1. The van der Waals surface area contributed by atoms with Crippen LogP contribution in [0.15, 0.2) is 53.1 Å². The van der Waals surface area contributed by atoms with E-state index in [-0.39, 0.29) is 32.7 Å². The number of unbranched alkanes of at least 4 members (excludes halogenated alkanes) is 1. The van der Waals surface area contributed by atoms with Gasteiger partial charge in [-0.3, -0.25) is 29.8 Å². The van der Waals surface area contributed by atoms with Crippen LogP contribution >= 0.6 is 11.8 Å². The molecule has 0 spiro atoms. The summed E-state index contributed by atoms with van der Waals surface area (Å²) >= 11 is 0.619. The third-order valence-electron chi connectivity index (χ3n) is 7.19. The van der Waals surface area contributed by atoms with Crippen LogP contribution in [0, 0.1) is 17.7 Å². The minimum atomic E-state index is -1.14. The highest BCUT2D eigenvalue weighted by atomic mass is 32.2. The predicted molar refractivity (Wildman–Crippen MR) is 181 cm³/mol. The van der Waals surface area contributed by atoms with Gasteiger partial charge in [0.15, 0.2) is 6.29 Å². The van der Waals surface area contributed by atoms with Gasteiger partial charge in [-0.05, 0) is 61.2 Å². The van der Waals surface area contributed by atoms with Gasteiger partial charge >= 0.3 is 5.97 Å². The first-order chi connectivity index (χ1) is 22.0. The lowest BCUT2D eigenvalue weighted by Gasteiger charge is -2.16. The standard InChI is InChI=1S/C22H30N6O2.C10H8N2O3S/c1-4-5-6-15(10-16-12-25-19(23)9-14(16)2)11-27-21(29)18-7-8-20-26-13-17(24-3)22(30)28(18)20;11-8(5-13)16-9(12)6-3-1-2-4-7(6)10(14)15/h9-10,12-13,18,24H,4-8,11H2,1-3H3,(H2,23,25)(H,27,29);1-5,11-12H,(H,14,15)/b15-10+;. The van der Waals surface area contributed by atoms with E-state index in [9.17, 15) is 19.2 Å². The van der Waals surface area contributed by atoms with E-state index in [4.69, 9.17) is 21.7 Å². The van der Waals surface area contributed by atoms with Crippen LogP contribution in [-0.4, -0.2) is 61.5 Å². The highest BCUT2D eigenvalue weighted by Crippen LogP contribution is 2.24. The third-order valence-corrected chi connectivity index (χ3v) is 7.93. The Balaban J connectivity index is 0.000000304. The number of aromatic carboxylic acids is 1. The Morgan fingerprint density at radius 2 is 1.91 bits per heavy atom. The number of carboxylic acids is 1. The number of carboxylic acid groups (broad SMARTS) is 1. The van der Waals surface area contributed by atoms with Crippen molar-refractivity contribution in [3.05, 3.63) is 86.7 Å². The van der Waals surface area contributed by atoms with Gasteiger partial charge in [-0.1, -0.05) is 43.2 Å². The zero-order valence-electron chi connectivity index (χ0n) is 25.9. The fourth-order valence-electron chi connectivity index (χ4n) is 4.77. The Bertz CT molecular complexity index is 1720. The van der Waals surface area contributed by atoms with Gasteiger partial charge in [-0.2, -0.15) is 0 Å². The molecule has 0 aliphatic carbocycles. The number of carbonyl (C=O) groups excluding carboxylic acids is 2. The number of nitrogens with one attached hydrogen (secondary N) is 4. The maximum absolute atomic E-state index is 12.9.